The minimum absolute atomic E-state index is 0.0750. The van der Waals surface area contributed by atoms with E-state index in [2.05, 4.69) is 16.4 Å². The van der Waals surface area contributed by atoms with Gasteiger partial charge in [-0.1, -0.05) is 0 Å². The highest BCUT2D eigenvalue weighted by Gasteiger charge is 2.19. The molecule has 0 radical (unpaired) electrons. The van der Waals surface area contributed by atoms with Crippen LogP contribution in [0, 0.1) is 17.1 Å². The van der Waals surface area contributed by atoms with Gasteiger partial charge in [-0.25, -0.2) is 9.37 Å². The molecule has 0 unspecified atom stereocenters. The van der Waals surface area contributed by atoms with Crippen molar-refractivity contribution in [1.29, 1.82) is 5.26 Å². The first-order valence-electron chi connectivity index (χ1n) is 7.28. The first kappa shape index (κ1) is 17.4. The van der Waals surface area contributed by atoms with Crippen LogP contribution in [0.2, 0.25) is 0 Å². The van der Waals surface area contributed by atoms with Crippen molar-refractivity contribution in [3.63, 3.8) is 0 Å². The molecular weight excluding hydrogens is 267 g/mol. The van der Waals surface area contributed by atoms with E-state index >= 15 is 0 Å². The van der Waals surface area contributed by atoms with Crippen LogP contribution in [0.1, 0.15) is 46.6 Å². The van der Waals surface area contributed by atoms with E-state index in [0.29, 0.717) is 30.9 Å². The van der Waals surface area contributed by atoms with Gasteiger partial charge in [0.25, 0.3) is 0 Å². The molecule has 21 heavy (non-hydrogen) atoms. The molecule has 0 aliphatic rings. The average molecular weight is 292 g/mol. The maximum absolute atomic E-state index is 14.7. The third kappa shape index (κ3) is 5.31. The summed E-state index contributed by atoms with van der Waals surface area (Å²) >= 11 is 0. The maximum atomic E-state index is 14.7. The molecule has 0 aliphatic carbocycles. The van der Waals surface area contributed by atoms with E-state index < -0.39 is 0 Å². The topological polar surface area (TPSA) is 52.0 Å². The minimum atomic E-state index is -0.305. The van der Waals surface area contributed by atoms with E-state index in [4.69, 9.17) is 5.26 Å². The standard InChI is InChI=1S/C16H25FN4/c1-12(2)21(10-6-8-18)15-14(17)13(7-9-19-15)11-20-16(3,4)5/h7,9,12,20H,6,10-11H2,1-5H3. The number of hydrogen-bond donors (Lipinski definition) is 1. The van der Waals surface area contributed by atoms with Crippen LogP contribution < -0.4 is 10.2 Å². The van der Waals surface area contributed by atoms with Gasteiger partial charge in [-0.2, -0.15) is 5.26 Å². The van der Waals surface area contributed by atoms with Crippen molar-refractivity contribution in [2.75, 3.05) is 11.4 Å². The second kappa shape index (κ2) is 7.37. The van der Waals surface area contributed by atoms with Gasteiger partial charge in [0.2, 0.25) is 0 Å². The molecule has 0 aromatic carbocycles. The van der Waals surface area contributed by atoms with Crippen molar-refractivity contribution in [3.8, 4) is 6.07 Å². The molecule has 0 bridgehead atoms. The molecule has 0 fully saturated rings. The lowest BCUT2D eigenvalue weighted by Gasteiger charge is -2.28. The van der Waals surface area contributed by atoms with Gasteiger partial charge in [-0.3, -0.25) is 0 Å². The largest absolute Gasteiger partial charge is 0.351 e. The first-order valence-corrected chi connectivity index (χ1v) is 7.28. The Balaban J connectivity index is 3.00. The monoisotopic (exact) mass is 292 g/mol. The fourth-order valence-electron chi connectivity index (χ4n) is 1.95. The summed E-state index contributed by atoms with van der Waals surface area (Å²) < 4.78 is 14.7. The van der Waals surface area contributed by atoms with Gasteiger partial charge in [0, 0.05) is 36.4 Å². The van der Waals surface area contributed by atoms with Gasteiger partial charge < -0.3 is 10.2 Å². The number of nitrogens with one attached hydrogen (secondary N) is 1. The van der Waals surface area contributed by atoms with Crippen LogP contribution in [0.5, 0.6) is 0 Å². The molecule has 0 spiro atoms. The molecule has 0 aliphatic heterocycles. The number of rotatable bonds is 6. The molecule has 1 rings (SSSR count). The Hall–Kier alpha value is -1.67. The van der Waals surface area contributed by atoms with Crippen molar-refractivity contribution in [2.45, 2.75) is 59.2 Å². The minimum Gasteiger partial charge on any atom is -0.351 e. The SMILES string of the molecule is CC(C)N(CCC#N)c1nccc(CNC(C)(C)C)c1F. The summed E-state index contributed by atoms with van der Waals surface area (Å²) in [5.41, 5.74) is 0.520. The van der Waals surface area contributed by atoms with Crippen LogP contribution in [0.4, 0.5) is 10.2 Å². The van der Waals surface area contributed by atoms with E-state index in [1.54, 1.807) is 12.3 Å². The molecule has 0 atom stereocenters. The van der Waals surface area contributed by atoms with Gasteiger partial charge in [-0.15, -0.1) is 0 Å². The number of halogens is 1. The van der Waals surface area contributed by atoms with Crippen LogP contribution >= 0.6 is 0 Å². The molecule has 0 saturated heterocycles. The normalized spacial score (nSPS) is 11.5. The summed E-state index contributed by atoms with van der Waals surface area (Å²) in [6.45, 7) is 11.0. The van der Waals surface area contributed by atoms with Gasteiger partial charge in [0.15, 0.2) is 11.6 Å². The Kier molecular flexibility index (Phi) is 6.10. The van der Waals surface area contributed by atoms with Crippen LogP contribution in [-0.4, -0.2) is 23.1 Å². The number of aromatic nitrogens is 1. The van der Waals surface area contributed by atoms with Crippen LogP contribution in [0.3, 0.4) is 0 Å². The van der Waals surface area contributed by atoms with Crippen molar-refractivity contribution in [1.82, 2.24) is 10.3 Å². The fourth-order valence-corrected chi connectivity index (χ4v) is 1.95. The lowest BCUT2D eigenvalue weighted by atomic mass is 10.1. The zero-order chi connectivity index (χ0) is 16.0. The van der Waals surface area contributed by atoms with E-state index in [1.165, 1.54) is 0 Å². The number of nitrogens with zero attached hydrogens (tertiary/aromatic N) is 3. The van der Waals surface area contributed by atoms with Gasteiger partial charge in [0.1, 0.15) is 0 Å². The highest BCUT2D eigenvalue weighted by Crippen LogP contribution is 2.22. The predicted molar refractivity (Wildman–Crippen MR) is 83.5 cm³/mol. The lowest BCUT2D eigenvalue weighted by Crippen LogP contribution is -2.36. The third-order valence-electron chi connectivity index (χ3n) is 3.12. The predicted octanol–water partition coefficient (Wildman–Crippen LogP) is 3.24. The number of hydrogen-bond acceptors (Lipinski definition) is 4. The van der Waals surface area contributed by atoms with E-state index in [9.17, 15) is 4.39 Å². The van der Waals surface area contributed by atoms with Crippen LogP contribution in [0.25, 0.3) is 0 Å². The number of anilines is 1. The van der Waals surface area contributed by atoms with Gasteiger partial charge >= 0.3 is 0 Å². The van der Waals surface area contributed by atoms with E-state index in [1.807, 2.05) is 39.5 Å². The van der Waals surface area contributed by atoms with Crippen LogP contribution in [0.15, 0.2) is 12.3 Å². The quantitative estimate of drug-likeness (QED) is 0.874. The second-order valence-electron chi connectivity index (χ2n) is 6.41. The molecule has 1 N–H and O–H groups in total. The summed E-state index contributed by atoms with van der Waals surface area (Å²) in [5.74, 6) is 0.0225. The molecule has 1 heterocycles. The molecule has 0 amide bonds. The molecular formula is C16H25FN4. The molecule has 4 nitrogen and oxygen atoms in total. The molecule has 0 saturated carbocycles. The molecule has 5 heteroatoms. The summed E-state index contributed by atoms with van der Waals surface area (Å²) in [7, 11) is 0. The second-order valence-corrected chi connectivity index (χ2v) is 6.41. The summed E-state index contributed by atoms with van der Waals surface area (Å²) in [4.78, 5) is 6.00. The van der Waals surface area contributed by atoms with E-state index in [0.717, 1.165) is 0 Å². The summed E-state index contributed by atoms with van der Waals surface area (Å²) in [5, 5.41) is 12.0. The van der Waals surface area contributed by atoms with Gasteiger partial charge in [-0.05, 0) is 40.7 Å². The maximum Gasteiger partial charge on any atom is 0.170 e. The van der Waals surface area contributed by atoms with E-state index in [-0.39, 0.29) is 17.4 Å². The zero-order valence-corrected chi connectivity index (χ0v) is 13.6. The highest BCUT2D eigenvalue weighted by molar-refractivity contribution is 5.44. The highest BCUT2D eigenvalue weighted by atomic mass is 19.1. The van der Waals surface area contributed by atoms with Crippen molar-refractivity contribution in [3.05, 3.63) is 23.6 Å². The Morgan fingerprint density at radius 3 is 2.62 bits per heavy atom. The number of nitriles is 1. The smallest absolute Gasteiger partial charge is 0.170 e. The van der Waals surface area contributed by atoms with Crippen LogP contribution in [-0.2, 0) is 6.54 Å². The third-order valence-corrected chi connectivity index (χ3v) is 3.12. The first-order chi connectivity index (χ1) is 9.76. The lowest BCUT2D eigenvalue weighted by molar-refractivity contribution is 0.418. The molecule has 1 aromatic rings. The molecule has 116 valence electrons. The molecule has 1 aromatic heterocycles. The Morgan fingerprint density at radius 2 is 2.10 bits per heavy atom. The summed E-state index contributed by atoms with van der Waals surface area (Å²) in [6.07, 6.45) is 1.98. The zero-order valence-electron chi connectivity index (χ0n) is 13.6. The Labute approximate surface area is 127 Å². The van der Waals surface area contributed by atoms with Crippen molar-refractivity contribution >= 4 is 5.82 Å². The Bertz CT molecular complexity index is 500. The van der Waals surface area contributed by atoms with Gasteiger partial charge in [0.05, 0.1) is 12.5 Å². The van der Waals surface area contributed by atoms with Crippen molar-refractivity contribution < 1.29 is 4.39 Å². The summed E-state index contributed by atoms with van der Waals surface area (Å²) in [6, 6.07) is 3.88. The van der Waals surface area contributed by atoms with Crippen molar-refractivity contribution in [2.24, 2.45) is 0 Å². The Morgan fingerprint density at radius 1 is 1.43 bits per heavy atom. The average Bonchev–Trinajstić information content (AvgIpc) is 2.38. The fraction of sp³-hybridized carbons (Fsp3) is 0.625. The number of pyridine rings is 1.